The van der Waals surface area contributed by atoms with Crippen molar-refractivity contribution in [1.29, 1.82) is 0 Å². The largest absolute Gasteiger partial charge is 0.382 e. The number of nitrogens with zero attached hydrogens (tertiary/aromatic N) is 4. The number of imidazole rings is 1. The standard InChI is InChI=1S/C22H27FN6O3S/c1-12-9-13-5-6-16(30)15(13)10-14(12)11-17-25-18-19(24)26-21(23)27-20(18)29(17)7-8-33(31,32)28-22(2,3)4/h9-10,28H,5-8,11H2,1-4H3,(H2,24,26,27). The van der Waals surface area contributed by atoms with Crippen LogP contribution in [0.2, 0.25) is 0 Å². The van der Waals surface area contributed by atoms with Gasteiger partial charge in [0, 0.05) is 30.5 Å². The molecule has 9 nitrogen and oxygen atoms in total. The number of hydrogen-bond donors (Lipinski definition) is 2. The Bertz CT molecular complexity index is 1380. The molecule has 11 heteroatoms. The monoisotopic (exact) mass is 474 g/mol. The SMILES string of the molecule is Cc1cc2c(cc1Cc1nc3c(N)nc(F)nc3n1CCS(=O)(=O)NC(C)(C)C)C(=O)CC2. The van der Waals surface area contributed by atoms with Crippen molar-refractivity contribution in [2.75, 3.05) is 11.5 Å². The summed E-state index contributed by atoms with van der Waals surface area (Å²) >= 11 is 0. The van der Waals surface area contributed by atoms with Crippen molar-refractivity contribution in [2.45, 2.75) is 59.0 Å². The van der Waals surface area contributed by atoms with Crippen molar-refractivity contribution in [3.63, 3.8) is 0 Å². The fourth-order valence-corrected chi connectivity index (χ4v) is 5.62. The van der Waals surface area contributed by atoms with Gasteiger partial charge in [-0.15, -0.1) is 0 Å². The quantitative estimate of drug-likeness (QED) is 0.524. The summed E-state index contributed by atoms with van der Waals surface area (Å²) in [6, 6.07) is 3.88. The van der Waals surface area contributed by atoms with Crippen LogP contribution in [-0.2, 0) is 29.4 Å². The molecule has 2 heterocycles. The van der Waals surface area contributed by atoms with Crippen molar-refractivity contribution in [3.8, 4) is 0 Å². The average Bonchev–Trinajstić information content (AvgIpc) is 3.19. The van der Waals surface area contributed by atoms with Crippen molar-refractivity contribution in [1.82, 2.24) is 24.2 Å². The molecule has 0 fully saturated rings. The number of carbonyl (C=O) groups is 1. The summed E-state index contributed by atoms with van der Waals surface area (Å²) in [5.74, 6) is 0.206. The van der Waals surface area contributed by atoms with Crippen LogP contribution >= 0.6 is 0 Å². The zero-order valence-electron chi connectivity index (χ0n) is 19.1. The van der Waals surface area contributed by atoms with Crippen LogP contribution < -0.4 is 10.5 Å². The van der Waals surface area contributed by atoms with Gasteiger partial charge in [0.25, 0.3) is 0 Å². The van der Waals surface area contributed by atoms with Gasteiger partial charge in [0.15, 0.2) is 22.8 Å². The van der Waals surface area contributed by atoms with Gasteiger partial charge in [-0.3, -0.25) is 4.79 Å². The van der Waals surface area contributed by atoms with E-state index in [2.05, 4.69) is 19.7 Å². The van der Waals surface area contributed by atoms with Crippen LogP contribution in [0.5, 0.6) is 0 Å². The maximum absolute atomic E-state index is 14.0. The summed E-state index contributed by atoms with van der Waals surface area (Å²) in [4.78, 5) is 24.1. The minimum atomic E-state index is -3.63. The van der Waals surface area contributed by atoms with Gasteiger partial charge in [0.1, 0.15) is 5.82 Å². The Hall–Kier alpha value is -2.92. The van der Waals surface area contributed by atoms with E-state index in [9.17, 15) is 17.6 Å². The lowest BCUT2D eigenvalue weighted by Gasteiger charge is -2.20. The molecule has 1 aromatic carbocycles. The molecule has 4 rings (SSSR count). The maximum Gasteiger partial charge on any atom is 0.312 e. The van der Waals surface area contributed by atoms with E-state index in [1.807, 2.05) is 19.1 Å². The second-order valence-corrected chi connectivity index (χ2v) is 11.3. The second kappa shape index (κ2) is 8.14. The fraction of sp³-hybridized carbons (Fsp3) is 0.455. The first kappa shape index (κ1) is 23.2. The van der Waals surface area contributed by atoms with Gasteiger partial charge >= 0.3 is 6.08 Å². The number of nitrogens with one attached hydrogen (secondary N) is 1. The third kappa shape index (κ3) is 4.88. The Kier molecular flexibility index (Phi) is 5.73. The molecule has 0 spiro atoms. The smallest absolute Gasteiger partial charge is 0.312 e. The molecule has 0 unspecified atom stereocenters. The Balaban J connectivity index is 1.75. The molecule has 0 saturated heterocycles. The third-order valence-corrected chi connectivity index (χ3v) is 7.19. The predicted molar refractivity (Wildman–Crippen MR) is 123 cm³/mol. The summed E-state index contributed by atoms with van der Waals surface area (Å²) in [5, 5.41) is 0. The molecule has 0 atom stereocenters. The summed E-state index contributed by atoms with van der Waals surface area (Å²) in [6.45, 7) is 7.21. The number of Topliss-reactive ketones (excluding diaryl/α,β-unsaturated/α-hetero) is 1. The van der Waals surface area contributed by atoms with Crippen LogP contribution in [0.25, 0.3) is 11.2 Å². The zero-order valence-corrected chi connectivity index (χ0v) is 19.9. The van der Waals surface area contributed by atoms with Gasteiger partial charge in [-0.05, 0) is 56.9 Å². The lowest BCUT2D eigenvalue weighted by atomic mass is 9.98. The minimum absolute atomic E-state index is 0.00391. The van der Waals surface area contributed by atoms with E-state index in [1.165, 1.54) is 0 Å². The highest BCUT2D eigenvalue weighted by atomic mass is 32.2. The van der Waals surface area contributed by atoms with E-state index in [-0.39, 0.29) is 35.1 Å². The second-order valence-electron chi connectivity index (χ2n) is 9.44. The number of rotatable bonds is 6. The Morgan fingerprint density at radius 3 is 2.61 bits per heavy atom. The van der Waals surface area contributed by atoms with Crippen LogP contribution in [0.1, 0.15) is 60.1 Å². The Morgan fingerprint density at radius 1 is 1.18 bits per heavy atom. The number of aryl methyl sites for hydroxylation is 3. The molecule has 0 saturated carbocycles. The molecule has 1 aliphatic carbocycles. The number of aromatic nitrogens is 4. The first-order chi connectivity index (χ1) is 15.3. The van der Waals surface area contributed by atoms with Crippen LogP contribution in [0.4, 0.5) is 10.2 Å². The zero-order chi connectivity index (χ0) is 24.1. The molecule has 176 valence electrons. The summed E-state index contributed by atoms with van der Waals surface area (Å²) in [6.07, 6.45) is 0.525. The molecule has 0 bridgehead atoms. The molecule has 0 amide bonds. The number of fused-ring (bicyclic) bond motifs is 2. The Labute approximate surface area is 191 Å². The molecule has 2 aromatic heterocycles. The van der Waals surface area contributed by atoms with Crippen LogP contribution in [0.3, 0.4) is 0 Å². The highest BCUT2D eigenvalue weighted by molar-refractivity contribution is 7.89. The molecule has 33 heavy (non-hydrogen) atoms. The molecular weight excluding hydrogens is 447 g/mol. The van der Waals surface area contributed by atoms with Gasteiger partial charge in [0.2, 0.25) is 10.0 Å². The average molecular weight is 475 g/mol. The van der Waals surface area contributed by atoms with Crippen LogP contribution in [-0.4, -0.2) is 45.0 Å². The van der Waals surface area contributed by atoms with Crippen molar-refractivity contribution in [2.24, 2.45) is 0 Å². The Morgan fingerprint density at radius 2 is 1.91 bits per heavy atom. The van der Waals surface area contributed by atoms with Gasteiger partial charge in [-0.1, -0.05) is 6.07 Å². The number of anilines is 1. The molecular formula is C22H27FN6O3S. The summed E-state index contributed by atoms with van der Waals surface area (Å²) < 4.78 is 43.3. The van der Waals surface area contributed by atoms with Crippen molar-refractivity contribution in [3.05, 3.63) is 46.3 Å². The number of ketones is 1. The van der Waals surface area contributed by atoms with Crippen LogP contribution in [0, 0.1) is 13.0 Å². The molecule has 1 aliphatic rings. The summed E-state index contributed by atoms with van der Waals surface area (Å²) in [7, 11) is -3.63. The third-order valence-electron chi connectivity index (χ3n) is 5.55. The fourth-order valence-electron chi connectivity index (χ4n) is 4.16. The van der Waals surface area contributed by atoms with E-state index in [0.717, 1.165) is 23.1 Å². The number of benzene rings is 1. The first-order valence-electron chi connectivity index (χ1n) is 10.7. The number of hydrogen-bond acceptors (Lipinski definition) is 7. The van der Waals surface area contributed by atoms with E-state index in [1.54, 1.807) is 25.3 Å². The highest BCUT2D eigenvalue weighted by Crippen LogP contribution is 2.28. The van der Waals surface area contributed by atoms with Gasteiger partial charge in [0.05, 0.1) is 5.75 Å². The van der Waals surface area contributed by atoms with Gasteiger partial charge < -0.3 is 10.3 Å². The minimum Gasteiger partial charge on any atom is -0.382 e. The number of nitrogens with two attached hydrogens (primary N) is 1. The number of carbonyl (C=O) groups excluding carboxylic acids is 1. The number of halogens is 1. The topological polar surface area (TPSA) is 133 Å². The van der Waals surface area contributed by atoms with Crippen molar-refractivity contribution < 1.29 is 17.6 Å². The lowest BCUT2D eigenvalue weighted by molar-refractivity contribution is 0.0994. The predicted octanol–water partition coefficient (Wildman–Crippen LogP) is 2.29. The van der Waals surface area contributed by atoms with Gasteiger partial charge in [-0.2, -0.15) is 14.4 Å². The highest BCUT2D eigenvalue weighted by Gasteiger charge is 2.24. The normalized spacial score (nSPS) is 14.3. The number of sulfonamides is 1. The van der Waals surface area contributed by atoms with E-state index < -0.39 is 21.6 Å². The van der Waals surface area contributed by atoms with E-state index in [0.29, 0.717) is 24.2 Å². The molecule has 0 aliphatic heterocycles. The molecule has 3 aromatic rings. The molecule has 0 radical (unpaired) electrons. The maximum atomic E-state index is 14.0. The summed E-state index contributed by atoms with van der Waals surface area (Å²) in [5.41, 5.74) is 9.20. The lowest BCUT2D eigenvalue weighted by Crippen LogP contribution is -2.42. The van der Waals surface area contributed by atoms with Gasteiger partial charge in [-0.25, -0.2) is 18.1 Å². The first-order valence-corrected chi connectivity index (χ1v) is 12.3. The van der Waals surface area contributed by atoms with E-state index in [4.69, 9.17) is 5.73 Å². The molecule has 3 N–H and O–H groups in total. The van der Waals surface area contributed by atoms with E-state index >= 15 is 0 Å². The van der Waals surface area contributed by atoms with Crippen LogP contribution in [0.15, 0.2) is 12.1 Å². The number of nitrogen functional groups attached to an aromatic ring is 1. The van der Waals surface area contributed by atoms with Crippen molar-refractivity contribution >= 4 is 32.8 Å².